The Bertz CT molecular complexity index is 621. The summed E-state index contributed by atoms with van der Waals surface area (Å²) in [4.78, 5) is 9.03. The van der Waals surface area contributed by atoms with Gasteiger partial charge in [0.05, 0.1) is 34.0 Å². The lowest BCUT2D eigenvalue weighted by molar-refractivity contribution is 0.0674. The predicted octanol–water partition coefficient (Wildman–Crippen LogP) is 1.33. The molecule has 1 aromatic carbocycles. The number of guanidine groups is 1. The first kappa shape index (κ1) is 21.0. The van der Waals surface area contributed by atoms with Crippen molar-refractivity contribution in [1.82, 2.24) is 9.80 Å². The number of nitrogens with two attached hydrogens (primary N) is 1. The number of hydrogen-bond donors (Lipinski definition) is 1. The average Bonchev–Trinajstić information content (AvgIpc) is 2.67. The van der Waals surface area contributed by atoms with Crippen LogP contribution in [0.15, 0.2) is 17.1 Å². The zero-order valence-corrected chi connectivity index (χ0v) is 17.9. The first-order valence-electron chi connectivity index (χ1n) is 8.80. The van der Waals surface area contributed by atoms with Gasteiger partial charge >= 0.3 is 0 Å². The van der Waals surface area contributed by atoms with Crippen LogP contribution < -0.4 is 15.2 Å². The highest BCUT2D eigenvalue weighted by molar-refractivity contribution is 14.0. The molecule has 1 aromatic rings. The van der Waals surface area contributed by atoms with E-state index in [0.717, 1.165) is 63.9 Å². The second-order valence-electron chi connectivity index (χ2n) is 6.34. The van der Waals surface area contributed by atoms with Gasteiger partial charge in [-0.1, -0.05) is 0 Å². The molecule has 0 spiro atoms. The number of hydrogen-bond acceptors (Lipinski definition) is 5. The van der Waals surface area contributed by atoms with E-state index in [2.05, 4.69) is 26.9 Å². The monoisotopic (exact) mass is 476 g/mol. The van der Waals surface area contributed by atoms with Gasteiger partial charge in [0.25, 0.3) is 0 Å². The minimum atomic E-state index is 0. The Hall–Kier alpha value is -1.26. The van der Waals surface area contributed by atoms with Gasteiger partial charge in [-0.3, -0.25) is 9.89 Å². The van der Waals surface area contributed by atoms with Crippen molar-refractivity contribution in [2.45, 2.75) is 13.0 Å². The zero-order valence-electron chi connectivity index (χ0n) is 15.6. The summed E-state index contributed by atoms with van der Waals surface area (Å²) in [5, 5.41) is 0. The summed E-state index contributed by atoms with van der Waals surface area (Å²) in [7, 11) is 3.35. The maximum atomic E-state index is 6.08. The van der Waals surface area contributed by atoms with E-state index in [-0.39, 0.29) is 24.0 Å². The van der Waals surface area contributed by atoms with Crippen LogP contribution in [-0.2, 0) is 17.7 Å². The molecule has 3 rings (SSSR count). The Labute approximate surface area is 172 Å². The van der Waals surface area contributed by atoms with Crippen LogP contribution in [0, 0.1) is 0 Å². The number of fused-ring (bicyclic) bond motifs is 1. The van der Waals surface area contributed by atoms with Crippen molar-refractivity contribution < 1.29 is 14.2 Å². The van der Waals surface area contributed by atoms with Crippen LogP contribution in [0.2, 0.25) is 0 Å². The number of halogens is 1. The van der Waals surface area contributed by atoms with Gasteiger partial charge in [0, 0.05) is 32.7 Å². The molecule has 8 heteroatoms. The lowest BCUT2D eigenvalue weighted by atomic mass is 9.99. The molecule has 0 amide bonds. The van der Waals surface area contributed by atoms with Crippen LogP contribution in [0.25, 0.3) is 0 Å². The largest absolute Gasteiger partial charge is 0.493 e. The summed E-state index contributed by atoms with van der Waals surface area (Å²) in [6.45, 7) is 6.65. The van der Waals surface area contributed by atoms with Crippen molar-refractivity contribution in [1.29, 1.82) is 0 Å². The summed E-state index contributed by atoms with van der Waals surface area (Å²) in [6, 6.07) is 4.19. The summed E-state index contributed by atoms with van der Waals surface area (Å²) in [5.41, 5.74) is 8.72. The zero-order chi connectivity index (χ0) is 17.6. The van der Waals surface area contributed by atoms with Crippen molar-refractivity contribution in [2.75, 3.05) is 60.2 Å². The molecule has 7 nitrogen and oxygen atoms in total. The SMILES string of the molecule is COc1cc2c(cc1OC)CN(CCN=C(N)N1CCOCC1)CC2.I. The van der Waals surface area contributed by atoms with Gasteiger partial charge < -0.3 is 24.8 Å². The fourth-order valence-corrected chi connectivity index (χ4v) is 3.33. The van der Waals surface area contributed by atoms with E-state index in [1.165, 1.54) is 11.1 Å². The summed E-state index contributed by atoms with van der Waals surface area (Å²) in [5.74, 6) is 2.22. The Balaban J connectivity index is 0.00000243. The average molecular weight is 476 g/mol. The van der Waals surface area contributed by atoms with Gasteiger partial charge in [0.1, 0.15) is 0 Å². The van der Waals surface area contributed by atoms with Gasteiger partial charge in [0.15, 0.2) is 17.5 Å². The molecular weight excluding hydrogens is 447 g/mol. The van der Waals surface area contributed by atoms with E-state index in [1.54, 1.807) is 14.2 Å². The van der Waals surface area contributed by atoms with Gasteiger partial charge in [0.2, 0.25) is 0 Å². The molecule has 0 atom stereocenters. The highest BCUT2D eigenvalue weighted by atomic mass is 127. The van der Waals surface area contributed by atoms with Crippen molar-refractivity contribution >= 4 is 29.9 Å². The van der Waals surface area contributed by atoms with Gasteiger partial charge in [-0.25, -0.2) is 0 Å². The Kier molecular flexibility index (Phi) is 8.23. The molecule has 2 N–H and O–H groups in total. The molecule has 1 saturated heterocycles. The van der Waals surface area contributed by atoms with E-state index in [1.807, 2.05) is 0 Å². The van der Waals surface area contributed by atoms with Crippen molar-refractivity contribution in [3.63, 3.8) is 0 Å². The number of benzene rings is 1. The minimum Gasteiger partial charge on any atom is -0.493 e. The van der Waals surface area contributed by atoms with Gasteiger partial charge in [-0.05, 0) is 29.7 Å². The molecule has 0 saturated carbocycles. The number of ether oxygens (including phenoxy) is 3. The smallest absolute Gasteiger partial charge is 0.191 e. The quantitative estimate of drug-likeness (QED) is 0.393. The molecule has 2 aliphatic rings. The third-order valence-corrected chi connectivity index (χ3v) is 4.82. The first-order chi connectivity index (χ1) is 12.2. The fraction of sp³-hybridized carbons (Fsp3) is 0.611. The van der Waals surface area contributed by atoms with Gasteiger partial charge in [-0.15, -0.1) is 24.0 Å². The normalized spacial score (nSPS) is 18.1. The number of nitrogens with zero attached hydrogens (tertiary/aromatic N) is 3. The maximum Gasteiger partial charge on any atom is 0.191 e. The second-order valence-corrected chi connectivity index (χ2v) is 6.34. The van der Waals surface area contributed by atoms with Crippen LogP contribution in [-0.4, -0.2) is 75.9 Å². The lowest BCUT2D eigenvalue weighted by Crippen LogP contribution is -2.45. The van der Waals surface area contributed by atoms with Crippen LogP contribution in [0.3, 0.4) is 0 Å². The Morgan fingerprint density at radius 3 is 2.42 bits per heavy atom. The molecule has 0 unspecified atom stereocenters. The van der Waals surface area contributed by atoms with Gasteiger partial charge in [-0.2, -0.15) is 0 Å². The highest BCUT2D eigenvalue weighted by Gasteiger charge is 2.19. The molecule has 0 aliphatic carbocycles. The third-order valence-electron chi connectivity index (χ3n) is 4.82. The molecule has 26 heavy (non-hydrogen) atoms. The van der Waals surface area contributed by atoms with Crippen LogP contribution in [0.5, 0.6) is 11.5 Å². The van der Waals surface area contributed by atoms with Crippen molar-refractivity contribution in [3.8, 4) is 11.5 Å². The molecule has 1 fully saturated rings. The van der Waals surface area contributed by atoms with E-state index in [0.29, 0.717) is 12.5 Å². The van der Waals surface area contributed by atoms with Crippen LogP contribution in [0.4, 0.5) is 0 Å². The summed E-state index contributed by atoms with van der Waals surface area (Å²) >= 11 is 0. The minimum absolute atomic E-state index is 0. The topological polar surface area (TPSA) is 72.5 Å². The number of aliphatic imine (C=N–C) groups is 1. The van der Waals surface area contributed by atoms with Crippen LogP contribution in [0.1, 0.15) is 11.1 Å². The first-order valence-corrected chi connectivity index (χ1v) is 8.80. The number of morpholine rings is 1. The maximum absolute atomic E-state index is 6.08. The molecule has 0 bridgehead atoms. The van der Waals surface area contributed by atoms with E-state index in [4.69, 9.17) is 19.9 Å². The van der Waals surface area contributed by atoms with E-state index in [9.17, 15) is 0 Å². The molecule has 2 heterocycles. The Morgan fingerprint density at radius 2 is 1.77 bits per heavy atom. The van der Waals surface area contributed by atoms with Crippen molar-refractivity contribution in [3.05, 3.63) is 23.3 Å². The Morgan fingerprint density at radius 1 is 1.12 bits per heavy atom. The van der Waals surface area contributed by atoms with E-state index < -0.39 is 0 Å². The molecule has 2 aliphatic heterocycles. The van der Waals surface area contributed by atoms with E-state index >= 15 is 0 Å². The molecular formula is C18H29IN4O3. The molecule has 146 valence electrons. The standard InChI is InChI=1S/C18H28N4O3.HI/c1-23-16-11-14-3-5-21(13-15(14)12-17(16)24-2)6-4-20-18(19)22-7-9-25-10-8-22;/h11-12H,3-10,13H2,1-2H3,(H2,19,20);1H. The molecule has 0 aromatic heterocycles. The second kappa shape index (κ2) is 10.2. The summed E-state index contributed by atoms with van der Waals surface area (Å²) < 4.78 is 16.2. The lowest BCUT2D eigenvalue weighted by Gasteiger charge is -2.30. The van der Waals surface area contributed by atoms with Crippen molar-refractivity contribution in [2.24, 2.45) is 10.7 Å². The predicted molar refractivity (Wildman–Crippen MR) is 113 cm³/mol. The number of methoxy groups -OCH3 is 2. The third kappa shape index (κ3) is 5.14. The highest BCUT2D eigenvalue weighted by Crippen LogP contribution is 2.33. The fourth-order valence-electron chi connectivity index (χ4n) is 3.33. The van der Waals surface area contributed by atoms with Crippen LogP contribution >= 0.6 is 24.0 Å². The molecule has 0 radical (unpaired) electrons. The summed E-state index contributed by atoms with van der Waals surface area (Å²) in [6.07, 6.45) is 1.01. The number of rotatable bonds is 5.